The van der Waals surface area contributed by atoms with E-state index in [-0.39, 0.29) is 7.43 Å². The molecule has 1 aliphatic carbocycles. The predicted octanol–water partition coefficient (Wildman–Crippen LogP) is 4.24. The van der Waals surface area contributed by atoms with Gasteiger partial charge in [0, 0.05) is 17.3 Å². The van der Waals surface area contributed by atoms with Crippen LogP contribution in [0, 0.1) is 0 Å². The van der Waals surface area contributed by atoms with Crippen molar-refractivity contribution in [2.24, 2.45) is 0 Å². The molecule has 0 unspecified atom stereocenters. The summed E-state index contributed by atoms with van der Waals surface area (Å²) >= 11 is 0. The Morgan fingerprint density at radius 2 is 1.44 bits per heavy atom. The molecular weight excluding hydrogens is 196 g/mol. The van der Waals surface area contributed by atoms with E-state index in [1.165, 1.54) is 24.2 Å². The molecule has 1 aliphatic rings. The zero-order valence-corrected chi connectivity index (χ0v) is 10.1. The van der Waals surface area contributed by atoms with Crippen molar-refractivity contribution < 1.29 is 0 Å². The van der Waals surface area contributed by atoms with Crippen molar-refractivity contribution in [3.8, 4) is 0 Å². The summed E-state index contributed by atoms with van der Waals surface area (Å²) in [7, 11) is 0. The lowest BCUT2D eigenvalue weighted by molar-refractivity contribution is 0.734. The third-order valence-corrected chi connectivity index (χ3v) is 2.91. The highest BCUT2D eigenvalue weighted by atomic mass is 14.9. The van der Waals surface area contributed by atoms with Crippen molar-refractivity contribution in [1.29, 1.82) is 0 Å². The Morgan fingerprint density at radius 1 is 1.00 bits per heavy atom. The van der Waals surface area contributed by atoms with Gasteiger partial charge in [-0.15, -0.1) is 0 Å². The molecule has 0 aliphatic heterocycles. The monoisotopic (exact) mass is 220 g/mol. The summed E-state index contributed by atoms with van der Waals surface area (Å²) in [6.45, 7) is 8.79. The van der Waals surface area contributed by atoms with Crippen LogP contribution in [-0.2, 0) is 0 Å². The third-order valence-electron chi connectivity index (χ3n) is 2.91. The predicted molar refractivity (Wildman–Crippen MR) is 68.9 cm³/mol. The molecule has 0 amide bonds. The van der Waals surface area contributed by atoms with Crippen molar-refractivity contribution in [2.75, 3.05) is 0 Å². The van der Waals surface area contributed by atoms with Gasteiger partial charge in [-0.25, -0.2) is 9.97 Å². The Balaban J connectivity index is 0.00000128. The fourth-order valence-electron chi connectivity index (χ4n) is 1.62. The first kappa shape index (κ1) is 13.1. The molecule has 1 fully saturated rings. The van der Waals surface area contributed by atoms with E-state index in [2.05, 4.69) is 43.7 Å². The maximum absolute atomic E-state index is 4.67. The average Bonchev–Trinajstić information content (AvgIpc) is 3.00. The van der Waals surface area contributed by atoms with Crippen LogP contribution in [0.1, 0.15) is 82.9 Å². The topological polar surface area (TPSA) is 25.8 Å². The number of rotatable bonds is 3. The van der Waals surface area contributed by atoms with Gasteiger partial charge in [0.15, 0.2) is 0 Å². The van der Waals surface area contributed by atoms with Crippen LogP contribution in [0.5, 0.6) is 0 Å². The average molecular weight is 220 g/mol. The van der Waals surface area contributed by atoms with Gasteiger partial charge in [-0.3, -0.25) is 0 Å². The highest BCUT2D eigenvalue weighted by Gasteiger charge is 2.27. The van der Waals surface area contributed by atoms with Gasteiger partial charge < -0.3 is 0 Å². The lowest BCUT2D eigenvalue weighted by Gasteiger charge is -2.11. The molecule has 90 valence electrons. The van der Waals surface area contributed by atoms with Gasteiger partial charge in [-0.1, -0.05) is 35.1 Å². The lowest BCUT2D eigenvalue weighted by atomic mass is 10.0. The van der Waals surface area contributed by atoms with Crippen molar-refractivity contribution in [3.63, 3.8) is 0 Å². The second-order valence-electron chi connectivity index (χ2n) is 5.16. The summed E-state index contributed by atoms with van der Waals surface area (Å²) < 4.78 is 0. The molecule has 0 atom stereocenters. The van der Waals surface area contributed by atoms with Crippen molar-refractivity contribution >= 4 is 0 Å². The second kappa shape index (κ2) is 4.94. The van der Waals surface area contributed by atoms with Gasteiger partial charge in [0.1, 0.15) is 5.82 Å². The molecule has 2 nitrogen and oxygen atoms in total. The minimum atomic E-state index is 0. The summed E-state index contributed by atoms with van der Waals surface area (Å²) in [5, 5.41) is 0. The minimum Gasteiger partial charge on any atom is -0.237 e. The molecule has 1 aromatic rings. The Labute approximate surface area is 99.5 Å². The molecule has 0 aromatic carbocycles. The van der Waals surface area contributed by atoms with Gasteiger partial charge in [-0.05, 0) is 30.7 Å². The molecule has 2 rings (SSSR count). The normalized spacial score (nSPS) is 15.4. The molecule has 1 saturated carbocycles. The first-order chi connectivity index (χ1) is 7.08. The fraction of sp³-hybridized carbons (Fsp3) is 0.714. The van der Waals surface area contributed by atoms with E-state index < -0.39 is 0 Å². The largest absolute Gasteiger partial charge is 0.237 e. The smallest absolute Gasteiger partial charge is 0.131 e. The fourth-order valence-corrected chi connectivity index (χ4v) is 1.62. The number of aromatic nitrogens is 2. The van der Waals surface area contributed by atoms with Crippen LogP contribution < -0.4 is 0 Å². The maximum Gasteiger partial charge on any atom is 0.131 e. The molecule has 0 N–H and O–H groups in total. The highest BCUT2D eigenvalue weighted by molar-refractivity contribution is 5.19. The van der Waals surface area contributed by atoms with Crippen molar-refractivity contribution in [2.45, 2.75) is 65.7 Å². The Bertz CT molecular complexity index is 295. The lowest BCUT2D eigenvalue weighted by Crippen LogP contribution is -2.05. The first-order valence-corrected chi connectivity index (χ1v) is 5.96. The molecule has 0 saturated heterocycles. The first-order valence-electron chi connectivity index (χ1n) is 5.96. The van der Waals surface area contributed by atoms with E-state index in [4.69, 9.17) is 0 Å². The summed E-state index contributed by atoms with van der Waals surface area (Å²) in [5.74, 6) is 2.75. The van der Waals surface area contributed by atoms with Crippen LogP contribution in [0.15, 0.2) is 6.07 Å². The van der Waals surface area contributed by atoms with Gasteiger partial charge in [-0.2, -0.15) is 0 Å². The standard InChI is InChI=1S/C13H20N2.CH4/c1-8(2)11-7-12(9(3)4)15-13(14-11)10-5-6-10;/h7-10H,5-6H2,1-4H3;1H4. The minimum absolute atomic E-state index is 0. The molecule has 0 bridgehead atoms. The van der Waals surface area contributed by atoms with Crippen molar-refractivity contribution in [3.05, 3.63) is 23.3 Å². The molecule has 1 aromatic heterocycles. The van der Waals surface area contributed by atoms with Crippen LogP contribution in [-0.4, -0.2) is 9.97 Å². The molecule has 1 heterocycles. The Morgan fingerprint density at radius 3 is 1.75 bits per heavy atom. The SMILES string of the molecule is C.CC(C)c1cc(C(C)C)nc(C2CC2)n1. The van der Waals surface area contributed by atoms with Crippen LogP contribution in [0.4, 0.5) is 0 Å². The zero-order valence-electron chi connectivity index (χ0n) is 10.1. The van der Waals surface area contributed by atoms with E-state index in [0.29, 0.717) is 17.8 Å². The summed E-state index contributed by atoms with van der Waals surface area (Å²) in [5.41, 5.74) is 2.41. The van der Waals surface area contributed by atoms with Gasteiger partial charge >= 0.3 is 0 Å². The number of hydrogen-bond acceptors (Lipinski definition) is 2. The Hall–Kier alpha value is -0.920. The van der Waals surface area contributed by atoms with E-state index in [9.17, 15) is 0 Å². The third kappa shape index (κ3) is 2.81. The van der Waals surface area contributed by atoms with E-state index in [1.54, 1.807) is 0 Å². The van der Waals surface area contributed by atoms with Crippen LogP contribution >= 0.6 is 0 Å². The Kier molecular flexibility index (Phi) is 4.06. The molecule has 2 heteroatoms. The van der Waals surface area contributed by atoms with Crippen LogP contribution in [0.25, 0.3) is 0 Å². The summed E-state index contributed by atoms with van der Waals surface area (Å²) in [6, 6.07) is 2.17. The maximum atomic E-state index is 4.67. The van der Waals surface area contributed by atoms with Gasteiger partial charge in [0.05, 0.1) is 0 Å². The van der Waals surface area contributed by atoms with E-state index >= 15 is 0 Å². The van der Waals surface area contributed by atoms with E-state index in [1.807, 2.05) is 0 Å². The second-order valence-corrected chi connectivity index (χ2v) is 5.16. The van der Waals surface area contributed by atoms with E-state index in [0.717, 1.165) is 5.82 Å². The quantitative estimate of drug-likeness (QED) is 0.761. The van der Waals surface area contributed by atoms with Crippen molar-refractivity contribution in [1.82, 2.24) is 9.97 Å². The number of hydrogen-bond donors (Lipinski definition) is 0. The van der Waals surface area contributed by atoms with Crippen LogP contribution in [0.2, 0.25) is 0 Å². The highest BCUT2D eigenvalue weighted by Crippen LogP contribution is 2.38. The van der Waals surface area contributed by atoms with Gasteiger partial charge in [0.2, 0.25) is 0 Å². The molecule has 0 radical (unpaired) electrons. The molecular formula is C14H24N2. The summed E-state index contributed by atoms with van der Waals surface area (Å²) in [6.07, 6.45) is 2.55. The van der Waals surface area contributed by atoms with Gasteiger partial charge in [0.25, 0.3) is 0 Å². The molecule has 0 spiro atoms. The van der Waals surface area contributed by atoms with Crippen LogP contribution in [0.3, 0.4) is 0 Å². The summed E-state index contributed by atoms with van der Waals surface area (Å²) in [4.78, 5) is 9.33. The molecule has 16 heavy (non-hydrogen) atoms. The number of nitrogens with zero attached hydrogens (tertiary/aromatic N) is 2. The zero-order chi connectivity index (χ0) is 11.0.